The van der Waals surface area contributed by atoms with Crippen molar-refractivity contribution in [3.8, 4) is 0 Å². The molecule has 0 aliphatic carbocycles. The van der Waals surface area contributed by atoms with E-state index >= 15 is 0 Å². The Bertz CT molecular complexity index is 391. The molecular formula is C14H24N2O4. The van der Waals surface area contributed by atoms with Gasteiger partial charge in [-0.15, -0.1) is 0 Å². The van der Waals surface area contributed by atoms with Crippen molar-refractivity contribution >= 4 is 11.9 Å². The molecule has 1 N–H and O–H groups in total. The van der Waals surface area contributed by atoms with Crippen molar-refractivity contribution in [1.29, 1.82) is 0 Å². The zero-order valence-corrected chi connectivity index (χ0v) is 12.5. The van der Waals surface area contributed by atoms with E-state index in [1.807, 2.05) is 13.8 Å². The summed E-state index contributed by atoms with van der Waals surface area (Å²) in [4.78, 5) is 27.4. The maximum Gasteiger partial charge on any atom is 0.323 e. The summed E-state index contributed by atoms with van der Waals surface area (Å²) in [5, 5.41) is 9.36. The van der Waals surface area contributed by atoms with Gasteiger partial charge in [-0.05, 0) is 40.2 Å². The van der Waals surface area contributed by atoms with Gasteiger partial charge in [0.15, 0.2) is 0 Å². The van der Waals surface area contributed by atoms with E-state index in [-0.39, 0.29) is 24.7 Å². The van der Waals surface area contributed by atoms with Crippen molar-refractivity contribution in [2.24, 2.45) is 0 Å². The average Bonchev–Trinajstić information content (AvgIpc) is 2.71. The van der Waals surface area contributed by atoms with Gasteiger partial charge in [0.2, 0.25) is 5.91 Å². The van der Waals surface area contributed by atoms with Crippen LogP contribution in [0.3, 0.4) is 0 Å². The molecule has 3 unspecified atom stereocenters. The predicted octanol–water partition coefficient (Wildman–Crippen LogP) is 0.561. The normalized spacial score (nSPS) is 35.2. The number of likely N-dealkylation sites (tertiary alicyclic amines) is 1. The van der Waals surface area contributed by atoms with Crippen LogP contribution in [-0.4, -0.2) is 70.7 Å². The van der Waals surface area contributed by atoms with Crippen LogP contribution in [0.5, 0.6) is 0 Å². The van der Waals surface area contributed by atoms with E-state index in [2.05, 4.69) is 0 Å². The number of ether oxygens (including phenoxy) is 1. The maximum atomic E-state index is 12.4. The highest BCUT2D eigenvalue weighted by atomic mass is 16.5. The van der Waals surface area contributed by atoms with Crippen molar-refractivity contribution in [3.63, 3.8) is 0 Å². The van der Waals surface area contributed by atoms with Gasteiger partial charge in [0.05, 0.1) is 18.8 Å². The van der Waals surface area contributed by atoms with Crippen LogP contribution in [0.1, 0.15) is 33.6 Å². The number of carbonyl (C=O) groups is 2. The molecule has 114 valence electrons. The molecule has 0 aromatic carbocycles. The van der Waals surface area contributed by atoms with Crippen molar-refractivity contribution in [2.75, 3.05) is 26.2 Å². The monoisotopic (exact) mass is 284 g/mol. The number of carboxylic acid groups (broad SMARTS) is 1. The first kappa shape index (κ1) is 15.3. The molecule has 0 spiro atoms. The highest BCUT2D eigenvalue weighted by molar-refractivity contribution is 5.82. The number of carboxylic acids is 1. The SMILES string of the molecule is CC1CN(C(=O)CN2CCCC2(C)C(=O)O)CC(C)O1. The summed E-state index contributed by atoms with van der Waals surface area (Å²) in [6, 6.07) is 0. The summed E-state index contributed by atoms with van der Waals surface area (Å²) in [6.07, 6.45) is 1.50. The van der Waals surface area contributed by atoms with E-state index < -0.39 is 11.5 Å². The molecule has 2 aliphatic rings. The average molecular weight is 284 g/mol. The summed E-state index contributed by atoms with van der Waals surface area (Å²) >= 11 is 0. The van der Waals surface area contributed by atoms with Crippen molar-refractivity contribution in [2.45, 2.75) is 51.4 Å². The summed E-state index contributed by atoms with van der Waals surface area (Å²) in [5.74, 6) is -0.840. The van der Waals surface area contributed by atoms with Gasteiger partial charge in [0, 0.05) is 13.1 Å². The Kier molecular flexibility index (Phi) is 4.34. The van der Waals surface area contributed by atoms with E-state index in [9.17, 15) is 14.7 Å². The number of hydrogen-bond acceptors (Lipinski definition) is 4. The number of rotatable bonds is 3. The standard InChI is InChI=1S/C14H24N2O4/c1-10-7-15(8-11(2)20-10)12(17)9-16-6-4-5-14(16,3)13(18)19/h10-11H,4-9H2,1-3H3,(H,18,19). The molecule has 6 nitrogen and oxygen atoms in total. The lowest BCUT2D eigenvalue weighted by molar-refractivity contribution is -0.152. The van der Waals surface area contributed by atoms with E-state index in [1.54, 1.807) is 16.7 Å². The van der Waals surface area contributed by atoms with Gasteiger partial charge >= 0.3 is 5.97 Å². The van der Waals surface area contributed by atoms with Crippen LogP contribution >= 0.6 is 0 Å². The zero-order valence-electron chi connectivity index (χ0n) is 12.5. The number of morpholine rings is 1. The quantitative estimate of drug-likeness (QED) is 0.820. The van der Waals surface area contributed by atoms with E-state index in [0.717, 1.165) is 6.42 Å². The maximum absolute atomic E-state index is 12.4. The van der Waals surface area contributed by atoms with Gasteiger partial charge in [-0.1, -0.05) is 0 Å². The fourth-order valence-corrected chi connectivity index (χ4v) is 3.16. The summed E-state index contributed by atoms with van der Waals surface area (Å²) in [5.41, 5.74) is -0.904. The molecule has 0 aromatic heterocycles. The molecule has 2 fully saturated rings. The lowest BCUT2D eigenvalue weighted by Crippen LogP contribution is -2.55. The van der Waals surface area contributed by atoms with E-state index in [4.69, 9.17) is 4.74 Å². The Labute approximate surface area is 119 Å². The predicted molar refractivity (Wildman–Crippen MR) is 73.4 cm³/mol. The molecule has 0 bridgehead atoms. The second-order valence-corrected chi connectivity index (χ2v) is 6.16. The molecule has 3 atom stereocenters. The second kappa shape index (κ2) is 5.69. The summed E-state index contributed by atoms with van der Waals surface area (Å²) in [6.45, 7) is 7.63. The highest BCUT2D eigenvalue weighted by Crippen LogP contribution is 2.29. The lowest BCUT2D eigenvalue weighted by atomic mass is 9.99. The molecular weight excluding hydrogens is 260 g/mol. The van der Waals surface area contributed by atoms with Gasteiger partial charge in [-0.3, -0.25) is 14.5 Å². The van der Waals surface area contributed by atoms with Crippen LogP contribution in [0.15, 0.2) is 0 Å². The molecule has 20 heavy (non-hydrogen) atoms. The second-order valence-electron chi connectivity index (χ2n) is 6.16. The zero-order chi connectivity index (χ0) is 14.9. The first-order valence-electron chi connectivity index (χ1n) is 7.24. The third-order valence-corrected chi connectivity index (χ3v) is 4.35. The lowest BCUT2D eigenvalue weighted by Gasteiger charge is -2.37. The fraction of sp³-hybridized carbons (Fsp3) is 0.857. The largest absolute Gasteiger partial charge is 0.480 e. The number of aliphatic carboxylic acids is 1. The number of nitrogens with zero attached hydrogens (tertiary/aromatic N) is 2. The van der Waals surface area contributed by atoms with Crippen LogP contribution in [0.25, 0.3) is 0 Å². The van der Waals surface area contributed by atoms with Crippen molar-refractivity contribution < 1.29 is 19.4 Å². The molecule has 2 aliphatic heterocycles. The minimum atomic E-state index is -0.904. The number of hydrogen-bond donors (Lipinski definition) is 1. The molecule has 0 aromatic rings. The Morgan fingerprint density at radius 3 is 2.45 bits per heavy atom. The van der Waals surface area contributed by atoms with Crippen molar-refractivity contribution in [3.05, 3.63) is 0 Å². The van der Waals surface area contributed by atoms with Crippen molar-refractivity contribution in [1.82, 2.24) is 9.80 Å². The first-order valence-corrected chi connectivity index (χ1v) is 7.24. The Morgan fingerprint density at radius 1 is 1.30 bits per heavy atom. The Morgan fingerprint density at radius 2 is 1.90 bits per heavy atom. The Hall–Kier alpha value is -1.14. The van der Waals surface area contributed by atoms with Gasteiger partial charge < -0.3 is 14.7 Å². The summed E-state index contributed by atoms with van der Waals surface area (Å²) < 4.78 is 5.61. The molecule has 2 saturated heterocycles. The summed E-state index contributed by atoms with van der Waals surface area (Å²) in [7, 11) is 0. The Balaban J connectivity index is 1.99. The van der Waals surface area contributed by atoms with Gasteiger partial charge in [-0.2, -0.15) is 0 Å². The molecule has 6 heteroatoms. The van der Waals surface area contributed by atoms with Crippen LogP contribution in [0, 0.1) is 0 Å². The van der Waals surface area contributed by atoms with E-state index in [0.29, 0.717) is 26.1 Å². The first-order chi connectivity index (χ1) is 9.33. The highest BCUT2D eigenvalue weighted by Gasteiger charge is 2.44. The minimum Gasteiger partial charge on any atom is -0.480 e. The van der Waals surface area contributed by atoms with E-state index in [1.165, 1.54) is 0 Å². The van der Waals surface area contributed by atoms with Crippen LogP contribution in [-0.2, 0) is 14.3 Å². The van der Waals surface area contributed by atoms with Gasteiger partial charge in [0.1, 0.15) is 5.54 Å². The van der Waals surface area contributed by atoms with Crippen LogP contribution < -0.4 is 0 Å². The number of carbonyl (C=O) groups excluding carboxylic acids is 1. The topological polar surface area (TPSA) is 70.1 Å². The van der Waals surface area contributed by atoms with Crippen LogP contribution in [0.4, 0.5) is 0 Å². The third kappa shape index (κ3) is 2.96. The van der Waals surface area contributed by atoms with Gasteiger partial charge in [-0.25, -0.2) is 0 Å². The molecule has 0 radical (unpaired) electrons. The van der Waals surface area contributed by atoms with Gasteiger partial charge in [0.25, 0.3) is 0 Å². The fourth-order valence-electron chi connectivity index (χ4n) is 3.16. The smallest absolute Gasteiger partial charge is 0.323 e. The molecule has 2 rings (SSSR count). The molecule has 2 heterocycles. The molecule has 0 saturated carbocycles. The minimum absolute atomic E-state index is 0.00127. The third-order valence-electron chi connectivity index (χ3n) is 4.35. The number of amides is 1. The van der Waals surface area contributed by atoms with Crippen LogP contribution in [0.2, 0.25) is 0 Å². The molecule has 1 amide bonds.